The number of rotatable bonds is 7. The molecule has 3 aromatic rings. The second kappa shape index (κ2) is 8.07. The van der Waals surface area contributed by atoms with Crippen LogP contribution in [0, 0.1) is 0 Å². The smallest absolute Gasteiger partial charge is 0.257 e. The summed E-state index contributed by atoms with van der Waals surface area (Å²) in [6, 6.07) is 15.3. The highest BCUT2D eigenvalue weighted by Gasteiger charge is 2.14. The van der Waals surface area contributed by atoms with Gasteiger partial charge in [0.05, 0.1) is 18.9 Å². The van der Waals surface area contributed by atoms with E-state index in [-0.39, 0.29) is 17.7 Å². The lowest BCUT2D eigenvalue weighted by molar-refractivity contribution is -0.119. The van der Waals surface area contributed by atoms with Crippen LogP contribution in [0.4, 0.5) is 0 Å². The van der Waals surface area contributed by atoms with Crippen LogP contribution in [0.25, 0.3) is 11.1 Å². The van der Waals surface area contributed by atoms with Gasteiger partial charge in [-0.2, -0.15) is 0 Å². The molecule has 0 spiro atoms. The van der Waals surface area contributed by atoms with E-state index in [1.807, 2.05) is 55.5 Å². The van der Waals surface area contributed by atoms with Crippen molar-refractivity contribution >= 4 is 28.8 Å². The van der Waals surface area contributed by atoms with Crippen LogP contribution in [0.2, 0.25) is 0 Å². The molecule has 0 saturated heterocycles. The number of hydrogen-bond acceptors (Lipinski definition) is 5. The highest BCUT2D eigenvalue weighted by atomic mass is 32.2. The summed E-state index contributed by atoms with van der Waals surface area (Å²) in [6.07, 6.45) is 0.811. The molecule has 0 radical (unpaired) electrons. The molecule has 5 nitrogen and oxygen atoms in total. The fraction of sp³-hybridized carbons (Fsp3) is 0.263. The number of fused-ring (bicyclic) bond motifs is 1. The summed E-state index contributed by atoms with van der Waals surface area (Å²) < 4.78 is 10.8. The van der Waals surface area contributed by atoms with Crippen LogP contribution in [0.15, 0.2) is 58.2 Å². The van der Waals surface area contributed by atoms with E-state index in [0.717, 1.165) is 28.8 Å². The molecular weight excluding hydrogens is 336 g/mol. The van der Waals surface area contributed by atoms with E-state index < -0.39 is 0 Å². The number of carbonyl (C=O) groups excluding carboxylic acids is 1. The van der Waals surface area contributed by atoms with Gasteiger partial charge in [0, 0.05) is 0 Å². The van der Waals surface area contributed by atoms with Gasteiger partial charge in [0.15, 0.2) is 5.58 Å². The molecule has 1 N–H and O–H groups in total. The molecule has 3 rings (SSSR count). The van der Waals surface area contributed by atoms with Gasteiger partial charge in [0.25, 0.3) is 5.22 Å². The molecule has 130 valence electrons. The number of aromatic nitrogens is 1. The molecule has 0 saturated carbocycles. The standard InChI is InChI=1S/C19H20N2O3S/c1-3-15(13-8-10-14(23-2)11-9-13)20-18(22)12-25-19-21-16-6-4-5-7-17(16)24-19/h4-11,15H,3,12H2,1-2H3,(H,20,22). The van der Waals surface area contributed by atoms with Gasteiger partial charge in [-0.05, 0) is 36.2 Å². The third-order valence-electron chi connectivity index (χ3n) is 3.86. The lowest BCUT2D eigenvalue weighted by Gasteiger charge is -2.17. The number of nitrogens with zero attached hydrogens (tertiary/aromatic N) is 1. The highest BCUT2D eigenvalue weighted by Crippen LogP contribution is 2.24. The predicted molar refractivity (Wildman–Crippen MR) is 98.9 cm³/mol. The van der Waals surface area contributed by atoms with Crippen molar-refractivity contribution in [3.8, 4) is 5.75 Å². The predicted octanol–water partition coefficient (Wildman–Crippen LogP) is 4.20. The van der Waals surface area contributed by atoms with E-state index in [0.29, 0.717) is 5.22 Å². The van der Waals surface area contributed by atoms with Crippen LogP contribution >= 0.6 is 11.8 Å². The maximum absolute atomic E-state index is 12.3. The zero-order valence-electron chi connectivity index (χ0n) is 14.2. The van der Waals surface area contributed by atoms with Crippen molar-refractivity contribution in [2.45, 2.75) is 24.6 Å². The molecule has 0 aliphatic rings. The number of carbonyl (C=O) groups is 1. The van der Waals surface area contributed by atoms with E-state index in [4.69, 9.17) is 9.15 Å². The fourth-order valence-electron chi connectivity index (χ4n) is 2.53. The maximum Gasteiger partial charge on any atom is 0.257 e. The van der Waals surface area contributed by atoms with Gasteiger partial charge in [-0.25, -0.2) is 4.98 Å². The Kier molecular flexibility index (Phi) is 5.60. The average molecular weight is 356 g/mol. The van der Waals surface area contributed by atoms with E-state index >= 15 is 0 Å². The number of hydrogen-bond donors (Lipinski definition) is 1. The third kappa shape index (κ3) is 4.33. The fourth-order valence-corrected chi connectivity index (χ4v) is 3.18. The Hall–Kier alpha value is -2.47. The van der Waals surface area contributed by atoms with Gasteiger partial charge >= 0.3 is 0 Å². The molecule has 2 aromatic carbocycles. The Balaban J connectivity index is 1.58. The van der Waals surface area contributed by atoms with Crippen molar-refractivity contribution < 1.29 is 13.9 Å². The Morgan fingerprint density at radius 1 is 1.24 bits per heavy atom. The van der Waals surface area contributed by atoms with E-state index in [9.17, 15) is 4.79 Å². The monoisotopic (exact) mass is 356 g/mol. The van der Waals surface area contributed by atoms with Crippen LogP contribution < -0.4 is 10.1 Å². The zero-order valence-corrected chi connectivity index (χ0v) is 15.0. The summed E-state index contributed by atoms with van der Waals surface area (Å²) >= 11 is 1.30. The minimum atomic E-state index is -0.0464. The summed E-state index contributed by atoms with van der Waals surface area (Å²) in [5, 5.41) is 3.56. The van der Waals surface area contributed by atoms with Gasteiger partial charge in [0.1, 0.15) is 11.3 Å². The number of amides is 1. The Bertz CT molecular complexity index is 812. The molecule has 1 heterocycles. The molecule has 1 amide bonds. The van der Waals surface area contributed by atoms with Crippen molar-refractivity contribution in [1.82, 2.24) is 10.3 Å². The van der Waals surface area contributed by atoms with Gasteiger partial charge in [-0.1, -0.05) is 43.0 Å². The normalized spacial score (nSPS) is 12.1. The molecular formula is C19H20N2O3S. The van der Waals surface area contributed by atoms with Crippen LogP contribution in [-0.4, -0.2) is 23.8 Å². The Morgan fingerprint density at radius 2 is 2.00 bits per heavy atom. The van der Waals surface area contributed by atoms with E-state index in [1.54, 1.807) is 7.11 Å². The first kappa shape index (κ1) is 17.4. The van der Waals surface area contributed by atoms with Crippen molar-refractivity contribution in [2.75, 3.05) is 12.9 Å². The van der Waals surface area contributed by atoms with Gasteiger partial charge < -0.3 is 14.5 Å². The first-order chi connectivity index (χ1) is 12.2. The first-order valence-electron chi connectivity index (χ1n) is 8.11. The van der Waals surface area contributed by atoms with Crippen molar-refractivity contribution in [1.29, 1.82) is 0 Å². The lowest BCUT2D eigenvalue weighted by Crippen LogP contribution is -2.29. The van der Waals surface area contributed by atoms with E-state index in [1.165, 1.54) is 11.8 Å². The van der Waals surface area contributed by atoms with Gasteiger partial charge in [-0.15, -0.1) is 0 Å². The zero-order chi connectivity index (χ0) is 17.6. The third-order valence-corrected chi connectivity index (χ3v) is 4.69. The maximum atomic E-state index is 12.3. The number of nitrogens with one attached hydrogen (secondary N) is 1. The van der Waals surface area contributed by atoms with Crippen molar-refractivity contribution in [3.05, 3.63) is 54.1 Å². The molecule has 0 fully saturated rings. The quantitative estimate of drug-likeness (QED) is 0.643. The molecule has 1 aromatic heterocycles. The molecule has 25 heavy (non-hydrogen) atoms. The molecule has 1 atom stereocenters. The Labute approximate surface area is 150 Å². The minimum Gasteiger partial charge on any atom is -0.497 e. The second-order valence-electron chi connectivity index (χ2n) is 5.54. The summed E-state index contributed by atoms with van der Waals surface area (Å²) in [6.45, 7) is 2.04. The van der Waals surface area contributed by atoms with E-state index in [2.05, 4.69) is 10.3 Å². The molecule has 0 aliphatic carbocycles. The van der Waals surface area contributed by atoms with Crippen LogP contribution in [0.5, 0.6) is 5.75 Å². The number of methoxy groups -OCH3 is 1. The molecule has 0 bridgehead atoms. The average Bonchev–Trinajstić information content (AvgIpc) is 3.07. The lowest BCUT2D eigenvalue weighted by atomic mass is 10.0. The summed E-state index contributed by atoms with van der Waals surface area (Å²) in [4.78, 5) is 16.6. The van der Waals surface area contributed by atoms with Crippen LogP contribution in [0.3, 0.4) is 0 Å². The number of thioether (sulfide) groups is 1. The SMILES string of the molecule is CCC(NC(=O)CSc1nc2ccccc2o1)c1ccc(OC)cc1. The minimum absolute atomic E-state index is 0.0253. The molecule has 1 unspecified atom stereocenters. The van der Waals surface area contributed by atoms with Crippen molar-refractivity contribution in [3.63, 3.8) is 0 Å². The number of benzene rings is 2. The summed E-state index contributed by atoms with van der Waals surface area (Å²) in [7, 11) is 1.64. The highest BCUT2D eigenvalue weighted by molar-refractivity contribution is 7.99. The van der Waals surface area contributed by atoms with Gasteiger partial charge in [0.2, 0.25) is 5.91 Å². The topological polar surface area (TPSA) is 64.4 Å². The molecule has 0 aliphatic heterocycles. The summed E-state index contributed by atoms with van der Waals surface area (Å²) in [5.41, 5.74) is 2.59. The number of oxazole rings is 1. The Morgan fingerprint density at radius 3 is 2.68 bits per heavy atom. The van der Waals surface area contributed by atoms with Crippen molar-refractivity contribution in [2.24, 2.45) is 0 Å². The second-order valence-corrected chi connectivity index (χ2v) is 6.46. The number of ether oxygens (including phenoxy) is 1. The van der Waals surface area contributed by atoms with Crippen LogP contribution in [0.1, 0.15) is 24.9 Å². The largest absolute Gasteiger partial charge is 0.497 e. The number of para-hydroxylation sites is 2. The molecule has 6 heteroatoms. The van der Waals surface area contributed by atoms with Crippen LogP contribution in [-0.2, 0) is 4.79 Å². The first-order valence-corrected chi connectivity index (χ1v) is 9.10. The summed E-state index contributed by atoms with van der Waals surface area (Å²) in [5.74, 6) is 1.02. The van der Waals surface area contributed by atoms with Gasteiger partial charge in [-0.3, -0.25) is 4.79 Å².